The summed E-state index contributed by atoms with van der Waals surface area (Å²) in [4.78, 5) is 2.36. The first kappa shape index (κ1) is 11.9. The SMILES string of the molecule is CC1CN(CCOCCO)CCCO1. The van der Waals surface area contributed by atoms with Crippen LogP contribution in [0.1, 0.15) is 13.3 Å². The Morgan fingerprint density at radius 2 is 2.36 bits per heavy atom. The third-order valence-electron chi connectivity index (χ3n) is 2.32. The number of hydrogen-bond acceptors (Lipinski definition) is 4. The van der Waals surface area contributed by atoms with E-state index >= 15 is 0 Å². The van der Waals surface area contributed by atoms with Crippen molar-refractivity contribution in [2.24, 2.45) is 0 Å². The number of ether oxygens (including phenoxy) is 2. The molecule has 0 aromatic carbocycles. The predicted molar refractivity (Wildman–Crippen MR) is 54.4 cm³/mol. The highest BCUT2D eigenvalue weighted by atomic mass is 16.5. The van der Waals surface area contributed by atoms with Crippen LogP contribution in [-0.4, -0.2) is 62.2 Å². The maximum atomic E-state index is 8.53. The van der Waals surface area contributed by atoms with Crippen LogP contribution in [0.5, 0.6) is 0 Å². The lowest BCUT2D eigenvalue weighted by Gasteiger charge is -2.21. The fourth-order valence-electron chi connectivity index (χ4n) is 1.64. The monoisotopic (exact) mass is 203 g/mol. The van der Waals surface area contributed by atoms with Crippen molar-refractivity contribution < 1.29 is 14.6 Å². The van der Waals surface area contributed by atoms with E-state index in [1.165, 1.54) is 0 Å². The van der Waals surface area contributed by atoms with Crippen LogP contribution in [0.15, 0.2) is 0 Å². The van der Waals surface area contributed by atoms with Crippen molar-refractivity contribution in [1.82, 2.24) is 4.90 Å². The summed E-state index contributed by atoms with van der Waals surface area (Å²) in [5.41, 5.74) is 0. The van der Waals surface area contributed by atoms with Gasteiger partial charge in [-0.1, -0.05) is 0 Å². The summed E-state index contributed by atoms with van der Waals surface area (Å²) in [5.74, 6) is 0. The number of nitrogens with zero attached hydrogens (tertiary/aromatic N) is 1. The predicted octanol–water partition coefficient (Wildman–Crippen LogP) is 0.106. The third-order valence-corrected chi connectivity index (χ3v) is 2.32. The molecule has 1 saturated heterocycles. The van der Waals surface area contributed by atoms with E-state index in [0.717, 1.165) is 32.7 Å². The van der Waals surface area contributed by atoms with Crippen LogP contribution >= 0.6 is 0 Å². The Kier molecular flexibility index (Phi) is 6.10. The van der Waals surface area contributed by atoms with Crippen molar-refractivity contribution in [3.63, 3.8) is 0 Å². The summed E-state index contributed by atoms with van der Waals surface area (Å²) in [5, 5.41) is 8.53. The first-order chi connectivity index (χ1) is 6.83. The molecule has 1 fully saturated rings. The Labute approximate surface area is 85.8 Å². The molecule has 84 valence electrons. The highest BCUT2D eigenvalue weighted by Gasteiger charge is 2.13. The molecular weight excluding hydrogens is 182 g/mol. The zero-order chi connectivity index (χ0) is 10.2. The van der Waals surface area contributed by atoms with E-state index in [-0.39, 0.29) is 6.61 Å². The highest BCUT2D eigenvalue weighted by Crippen LogP contribution is 2.04. The van der Waals surface area contributed by atoms with Crippen molar-refractivity contribution in [1.29, 1.82) is 0 Å². The molecule has 0 radical (unpaired) electrons. The van der Waals surface area contributed by atoms with Gasteiger partial charge in [0, 0.05) is 26.2 Å². The van der Waals surface area contributed by atoms with Crippen LogP contribution in [0, 0.1) is 0 Å². The van der Waals surface area contributed by atoms with Crippen LogP contribution < -0.4 is 0 Å². The molecular formula is C10H21NO3. The molecule has 1 rings (SSSR count). The lowest BCUT2D eigenvalue weighted by Crippen LogP contribution is -2.33. The molecule has 1 heterocycles. The van der Waals surface area contributed by atoms with Crippen LogP contribution in [0.2, 0.25) is 0 Å². The number of hydrogen-bond donors (Lipinski definition) is 1. The molecule has 1 atom stereocenters. The number of rotatable bonds is 5. The zero-order valence-corrected chi connectivity index (χ0v) is 8.95. The molecule has 0 saturated carbocycles. The summed E-state index contributed by atoms with van der Waals surface area (Å²) in [6, 6.07) is 0. The van der Waals surface area contributed by atoms with E-state index in [0.29, 0.717) is 19.3 Å². The van der Waals surface area contributed by atoms with Crippen molar-refractivity contribution in [2.45, 2.75) is 19.4 Å². The van der Waals surface area contributed by atoms with Crippen LogP contribution in [0.25, 0.3) is 0 Å². The first-order valence-electron chi connectivity index (χ1n) is 5.35. The standard InChI is InChI=1S/C10H21NO3/c1-10-9-11(3-2-6-14-10)4-7-13-8-5-12/h10,12H,2-9H2,1H3. The highest BCUT2D eigenvalue weighted by molar-refractivity contribution is 4.66. The summed E-state index contributed by atoms with van der Waals surface area (Å²) < 4.78 is 10.8. The van der Waals surface area contributed by atoms with Gasteiger partial charge in [0.25, 0.3) is 0 Å². The van der Waals surface area contributed by atoms with Gasteiger partial charge < -0.3 is 14.6 Å². The Balaban J connectivity index is 2.09. The molecule has 0 amide bonds. The molecule has 0 bridgehead atoms. The van der Waals surface area contributed by atoms with E-state index in [4.69, 9.17) is 14.6 Å². The molecule has 1 aliphatic heterocycles. The number of aliphatic hydroxyl groups is 1. The topological polar surface area (TPSA) is 41.9 Å². The first-order valence-corrected chi connectivity index (χ1v) is 5.35. The Morgan fingerprint density at radius 3 is 3.14 bits per heavy atom. The van der Waals surface area contributed by atoms with E-state index in [9.17, 15) is 0 Å². The maximum Gasteiger partial charge on any atom is 0.0698 e. The minimum atomic E-state index is 0.111. The van der Waals surface area contributed by atoms with Crippen LogP contribution in [0.4, 0.5) is 0 Å². The maximum absolute atomic E-state index is 8.53. The summed E-state index contributed by atoms with van der Waals surface area (Å²) in [6.07, 6.45) is 1.43. The van der Waals surface area contributed by atoms with E-state index in [1.54, 1.807) is 0 Å². The molecule has 1 N–H and O–H groups in total. The minimum absolute atomic E-state index is 0.111. The largest absolute Gasteiger partial charge is 0.394 e. The van der Waals surface area contributed by atoms with Gasteiger partial charge in [0.05, 0.1) is 25.9 Å². The van der Waals surface area contributed by atoms with Crippen molar-refractivity contribution >= 4 is 0 Å². The molecule has 0 spiro atoms. The third kappa shape index (κ3) is 4.91. The van der Waals surface area contributed by atoms with Gasteiger partial charge in [-0.15, -0.1) is 0 Å². The number of aliphatic hydroxyl groups excluding tert-OH is 1. The van der Waals surface area contributed by atoms with Gasteiger partial charge in [0.2, 0.25) is 0 Å². The molecule has 14 heavy (non-hydrogen) atoms. The average Bonchev–Trinajstić information content (AvgIpc) is 2.38. The molecule has 4 heteroatoms. The molecule has 4 nitrogen and oxygen atoms in total. The van der Waals surface area contributed by atoms with Gasteiger partial charge in [0.1, 0.15) is 0 Å². The molecule has 0 aromatic rings. The second-order valence-corrected chi connectivity index (χ2v) is 3.67. The second kappa shape index (κ2) is 7.17. The molecule has 1 aliphatic rings. The van der Waals surface area contributed by atoms with E-state index < -0.39 is 0 Å². The fourth-order valence-corrected chi connectivity index (χ4v) is 1.64. The van der Waals surface area contributed by atoms with Gasteiger partial charge in [-0.2, -0.15) is 0 Å². The average molecular weight is 203 g/mol. The minimum Gasteiger partial charge on any atom is -0.394 e. The summed E-state index contributed by atoms with van der Waals surface area (Å²) in [7, 11) is 0. The normalized spacial score (nSPS) is 24.9. The molecule has 1 unspecified atom stereocenters. The Hall–Kier alpha value is -0.160. The van der Waals surface area contributed by atoms with Crippen LogP contribution in [-0.2, 0) is 9.47 Å². The Bertz CT molecular complexity index is 143. The van der Waals surface area contributed by atoms with Crippen molar-refractivity contribution in [3.8, 4) is 0 Å². The van der Waals surface area contributed by atoms with E-state index in [2.05, 4.69) is 11.8 Å². The lowest BCUT2D eigenvalue weighted by atomic mass is 10.3. The quantitative estimate of drug-likeness (QED) is 0.644. The van der Waals surface area contributed by atoms with E-state index in [1.807, 2.05) is 0 Å². The van der Waals surface area contributed by atoms with Crippen molar-refractivity contribution in [3.05, 3.63) is 0 Å². The van der Waals surface area contributed by atoms with Gasteiger partial charge in [0.15, 0.2) is 0 Å². The summed E-state index contributed by atoms with van der Waals surface area (Å²) >= 11 is 0. The second-order valence-electron chi connectivity index (χ2n) is 3.67. The molecule has 0 aliphatic carbocycles. The van der Waals surface area contributed by atoms with Gasteiger partial charge in [-0.25, -0.2) is 0 Å². The van der Waals surface area contributed by atoms with Gasteiger partial charge in [-0.3, -0.25) is 4.90 Å². The molecule has 0 aromatic heterocycles. The fraction of sp³-hybridized carbons (Fsp3) is 1.00. The van der Waals surface area contributed by atoms with Gasteiger partial charge in [-0.05, 0) is 13.3 Å². The van der Waals surface area contributed by atoms with Gasteiger partial charge >= 0.3 is 0 Å². The zero-order valence-electron chi connectivity index (χ0n) is 8.95. The summed E-state index contributed by atoms with van der Waals surface area (Å²) in [6.45, 7) is 7.25. The Morgan fingerprint density at radius 1 is 1.50 bits per heavy atom. The lowest BCUT2D eigenvalue weighted by molar-refractivity contribution is 0.0516. The smallest absolute Gasteiger partial charge is 0.0698 e. The van der Waals surface area contributed by atoms with Crippen LogP contribution in [0.3, 0.4) is 0 Å². The van der Waals surface area contributed by atoms with Crippen molar-refractivity contribution in [2.75, 3.05) is 46.1 Å².